The average molecular weight is 248 g/mol. The molecule has 0 radical (unpaired) electrons. The smallest absolute Gasteiger partial charge is 0.169 e. The molecule has 98 valence electrons. The van der Waals surface area contributed by atoms with Gasteiger partial charge in [0.05, 0.1) is 0 Å². The van der Waals surface area contributed by atoms with E-state index in [0.29, 0.717) is 0 Å². The second-order valence-electron chi connectivity index (χ2n) is 7.37. The molecule has 0 N–H and O–H groups in total. The van der Waals surface area contributed by atoms with Gasteiger partial charge in [-0.2, -0.15) is 17.5 Å². The number of rotatable bonds is 6. The van der Waals surface area contributed by atoms with Gasteiger partial charge in [0.15, 0.2) is 0 Å². The summed E-state index contributed by atoms with van der Waals surface area (Å²) in [6, 6.07) is 0. The molecular formula is C15H34BNa. The van der Waals surface area contributed by atoms with Crippen LogP contribution in [0.2, 0.25) is 17.5 Å². The van der Waals surface area contributed by atoms with Crippen LogP contribution in [0.15, 0.2) is 0 Å². The molecule has 3 unspecified atom stereocenters. The quantitative estimate of drug-likeness (QED) is 0.633. The van der Waals surface area contributed by atoms with Gasteiger partial charge in [-0.25, -0.2) is 0 Å². The zero-order valence-corrected chi connectivity index (χ0v) is 16.2. The maximum atomic E-state index is 2.49. The van der Waals surface area contributed by atoms with Gasteiger partial charge in [0, 0.05) is 0 Å². The minimum atomic E-state index is -0.0694. The van der Waals surface area contributed by atoms with E-state index in [1.165, 1.54) is 0 Å². The van der Waals surface area contributed by atoms with E-state index in [0.717, 1.165) is 35.2 Å². The van der Waals surface area contributed by atoms with Crippen LogP contribution in [0.3, 0.4) is 0 Å². The zero-order chi connectivity index (χ0) is 13.0. The van der Waals surface area contributed by atoms with Crippen molar-refractivity contribution in [3.63, 3.8) is 0 Å². The van der Waals surface area contributed by atoms with Crippen molar-refractivity contribution in [1.82, 2.24) is 0 Å². The maximum Gasteiger partial charge on any atom is 1.00 e. The van der Waals surface area contributed by atoms with Crippen LogP contribution in [0, 0.1) is 17.8 Å². The molecular weight excluding hydrogens is 214 g/mol. The molecule has 17 heavy (non-hydrogen) atoms. The normalized spacial score (nSPS) is 19.1. The zero-order valence-electron chi connectivity index (χ0n) is 14.2. The molecule has 0 fully saturated rings. The van der Waals surface area contributed by atoms with E-state index in [1.54, 1.807) is 0 Å². The van der Waals surface area contributed by atoms with Crippen molar-refractivity contribution in [3.05, 3.63) is 0 Å². The van der Waals surface area contributed by atoms with Crippen molar-refractivity contribution in [2.24, 2.45) is 17.8 Å². The Morgan fingerprint density at radius 3 is 0.765 bits per heavy atom. The van der Waals surface area contributed by atoms with Crippen molar-refractivity contribution < 1.29 is 29.6 Å². The van der Waals surface area contributed by atoms with Gasteiger partial charge in [0.1, 0.15) is 0 Å². The summed E-state index contributed by atoms with van der Waals surface area (Å²) in [5.41, 5.74) is 0. The van der Waals surface area contributed by atoms with Crippen LogP contribution >= 0.6 is 0 Å². The monoisotopic (exact) mass is 248 g/mol. The fourth-order valence-electron chi connectivity index (χ4n) is 3.39. The van der Waals surface area contributed by atoms with Gasteiger partial charge in [0.25, 0.3) is 0 Å². The summed E-state index contributed by atoms with van der Waals surface area (Å²) in [7, 11) is 0. The summed E-state index contributed by atoms with van der Waals surface area (Å²) in [5, 5.41) is 0. The Morgan fingerprint density at radius 1 is 0.471 bits per heavy atom. The van der Waals surface area contributed by atoms with Crippen LogP contribution in [-0.4, -0.2) is 6.71 Å². The molecule has 0 aliphatic carbocycles. The molecule has 0 nitrogen and oxygen atoms in total. The Morgan fingerprint density at radius 2 is 0.647 bits per heavy atom. The Kier molecular flexibility index (Phi) is 10.8. The molecule has 0 heterocycles. The molecule has 0 aliphatic heterocycles. The maximum absolute atomic E-state index is 2.49. The average Bonchev–Trinajstić information content (AvgIpc) is 2.16. The first kappa shape index (κ1) is 20.4. The van der Waals surface area contributed by atoms with Crippen molar-refractivity contribution in [2.75, 3.05) is 0 Å². The molecule has 0 saturated heterocycles. The van der Waals surface area contributed by atoms with Crippen LogP contribution in [0.1, 0.15) is 62.3 Å². The van der Waals surface area contributed by atoms with Gasteiger partial charge in [-0.15, -0.1) is 0 Å². The van der Waals surface area contributed by atoms with Crippen molar-refractivity contribution in [3.8, 4) is 0 Å². The van der Waals surface area contributed by atoms with E-state index in [9.17, 15) is 0 Å². The fraction of sp³-hybridized carbons (Fsp3) is 1.00. The van der Waals surface area contributed by atoms with Crippen LogP contribution in [-0.2, 0) is 0 Å². The summed E-state index contributed by atoms with van der Waals surface area (Å²) < 4.78 is 0. The Hall–Kier alpha value is 1.06. The molecule has 2 heteroatoms. The first-order valence-corrected chi connectivity index (χ1v) is 7.42. The second kappa shape index (κ2) is 9.05. The van der Waals surface area contributed by atoms with E-state index in [-0.39, 0.29) is 36.3 Å². The van der Waals surface area contributed by atoms with Gasteiger partial charge in [-0.05, 0) is 6.71 Å². The third-order valence-electron chi connectivity index (χ3n) is 5.64. The standard InChI is InChI=1S/C15H34B.Na/c1-10(2)13(7)16(14(8)11(3)4)15(9)12(5)6;/h10-16H,1-9H3;/q-1;+1. The minimum Gasteiger partial charge on any atom is -0.169 e. The summed E-state index contributed by atoms with van der Waals surface area (Å²) in [6.07, 6.45) is 0. The fourth-order valence-corrected chi connectivity index (χ4v) is 3.39. The third kappa shape index (κ3) is 6.16. The molecule has 3 atom stereocenters. The molecule has 0 bridgehead atoms. The van der Waals surface area contributed by atoms with Crippen molar-refractivity contribution in [2.45, 2.75) is 79.8 Å². The van der Waals surface area contributed by atoms with Gasteiger partial charge in [0.2, 0.25) is 0 Å². The first-order chi connectivity index (χ1) is 7.20. The molecule has 0 amide bonds. The summed E-state index contributed by atoms with van der Waals surface area (Å²) in [4.78, 5) is 0. The van der Waals surface area contributed by atoms with E-state index in [4.69, 9.17) is 0 Å². The minimum absolute atomic E-state index is 0. The van der Waals surface area contributed by atoms with Gasteiger partial charge >= 0.3 is 29.6 Å². The van der Waals surface area contributed by atoms with Crippen LogP contribution in [0.4, 0.5) is 0 Å². The molecule has 0 rings (SSSR count). The second-order valence-corrected chi connectivity index (χ2v) is 7.37. The van der Waals surface area contributed by atoms with E-state index >= 15 is 0 Å². The van der Waals surface area contributed by atoms with E-state index < -0.39 is 0 Å². The number of hydrogen-bond acceptors (Lipinski definition) is 0. The largest absolute Gasteiger partial charge is 1.00 e. The number of hydrogen-bond donors (Lipinski definition) is 0. The predicted molar refractivity (Wildman–Crippen MR) is 79.9 cm³/mol. The molecule has 0 aromatic carbocycles. The molecule has 0 aliphatic rings. The summed E-state index contributed by atoms with van der Waals surface area (Å²) in [5.74, 6) is 5.24. The molecule has 0 saturated carbocycles. The van der Waals surface area contributed by atoms with E-state index in [2.05, 4.69) is 62.3 Å². The van der Waals surface area contributed by atoms with Crippen molar-refractivity contribution in [1.29, 1.82) is 0 Å². The third-order valence-corrected chi connectivity index (χ3v) is 5.64. The van der Waals surface area contributed by atoms with Crippen LogP contribution in [0.25, 0.3) is 0 Å². The predicted octanol–water partition coefficient (Wildman–Crippen LogP) is 2.36. The first-order valence-electron chi connectivity index (χ1n) is 7.42. The van der Waals surface area contributed by atoms with Gasteiger partial charge in [-0.3, -0.25) is 0 Å². The topological polar surface area (TPSA) is 0 Å². The Labute approximate surface area is 133 Å². The Bertz CT molecular complexity index is 156. The van der Waals surface area contributed by atoms with E-state index in [1.807, 2.05) is 0 Å². The molecule has 0 aromatic rings. The van der Waals surface area contributed by atoms with Gasteiger partial charge in [-0.1, -0.05) is 80.1 Å². The van der Waals surface area contributed by atoms with Crippen molar-refractivity contribution >= 4 is 6.71 Å². The SMILES string of the molecule is CC(C)C(C)[BH-](C(C)C(C)C)C(C)C(C)C.[Na+]. The summed E-state index contributed by atoms with van der Waals surface area (Å²) >= 11 is 0. The van der Waals surface area contributed by atoms with Crippen LogP contribution in [0.5, 0.6) is 0 Å². The van der Waals surface area contributed by atoms with Gasteiger partial charge < -0.3 is 0 Å². The Balaban J connectivity index is 0. The van der Waals surface area contributed by atoms with Crippen LogP contribution < -0.4 is 29.6 Å². The summed E-state index contributed by atoms with van der Waals surface area (Å²) in [6.45, 7) is 21.8. The molecule has 0 spiro atoms. The molecule has 0 aromatic heterocycles.